The van der Waals surface area contributed by atoms with Crippen LogP contribution in [0.25, 0.3) is 10.9 Å². The van der Waals surface area contributed by atoms with Crippen LogP contribution in [0, 0.1) is 0 Å². The number of thioether (sulfide) groups is 1. The number of ketones is 1. The van der Waals surface area contributed by atoms with E-state index in [2.05, 4.69) is 20.9 Å². The SMILES string of the molecule is CCn1c(SCC(=O)c2ccc(N3CCCC3=O)cc2)nc2ccc(Br)cc2c1=O. The first-order valence-corrected chi connectivity index (χ1v) is 11.5. The van der Waals surface area contributed by atoms with Gasteiger partial charge in [0.25, 0.3) is 5.56 Å². The zero-order valence-electron chi connectivity index (χ0n) is 16.4. The van der Waals surface area contributed by atoms with Crippen molar-refractivity contribution in [3.05, 3.63) is 62.9 Å². The molecule has 8 heteroatoms. The minimum absolute atomic E-state index is 0.0490. The molecular formula is C22H20BrN3O3S. The van der Waals surface area contributed by atoms with Crippen molar-refractivity contribution >= 4 is 56.0 Å². The van der Waals surface area contributed by atoms with Crippen LogP contribution in [-0.2, 0) is 11.3 Å². The molecule has 1 aromatic heterocycles. The zero-order valence-corrected chi connectivity index (χ0v) is 18.8. The second kappa shape index (κ2) is 8.73. The van der Waals surface area contributed by atoms with E-state index in [-0.39, 0.29) is 23.0 Å². The van der Waals surface area contributed by atoms with Gasteiger partial charge >= 0.3 is 0 Å². The topological polar surface area (TPSA) is 72.3 Å². The molecule has 6 nitrogen and oxygen atoms in total. The number of benzene rings is 2. The van der Waals surface area contributed by atoms with E-state index in [1.54, 1.807) is 33.7 Å². The fourth-order valence-corrected chi connectivity index (χ4v) is 4.84. The van der Waals surface area contributed by atoms with E-state index >= 15 is 0 Å². The molecular weight excluding hydrogens is 466 g/mol. The molecule has 1 aliphatic rings. The van der Waals surface area contributed by atoms with Crippen LogP contribution in [0.3, 0.4) is 0 Å². The number of hydrogen-bond donors (Lipinski definition) is 0. The Balaban J connectivity index is 1.52. The number of amides is 1. The highest BCUT2D eigenvalue weighted by atomic mass is 79.9. The van der Waals surface area contributed by atoms with Gasteiger partial charge in [-0.1, -0.05) is 27.7 Å². The fourth-order valence-electron chi connectivity index (χ4n) is 3.52. The van der Waals surface area contributed by atoms with Gasteiger partial charge in [0.1, 0.15) is 0 Å². The summed E-state index contributed by atoms with van der Waals surface area (Å²) < 4.78 is 2.42. The normalized spacial score (nSPS) is 13.9. The minimum Gasteiger partial charge on any atom is -0.312 e. The minimum atomic E-state index is -0.113. The van der Waals surface area contributed by atoms with Crippen LogP contribution in [0.15, 0.2) is 56.9 Å². The van der Waals surface area contributed by atoms with Gasteiger partial charge in [-0.3, -0.25) is 19.0 Å². The molecule has 1 fully saturated rings. The number of fused-ring (bicyclic) bond motifs is 1. The number of aromatic nitrogens is 2. The Hall–Kier alpha value is -2.45. The molecule has 0 aliphatic carbocycles. The van der Waals surface area contributed by atoms with Gasteiger partial charge in [-0.2, -0.15) is 0 Å². The maximum atomic E-state index is 12.8. The molecule has 1 saturated heterocycles. The van der Waals surface area contributed by atoms with Gasteiger partial charge in [-0.25, -0.2) is 4.98 Å². The third kappa shape index (κ3) is 4.06. The van der Waals surface area contributed by atoms with Gasteiger partial charge in [-0.15, -0.1) is 0 Å². The molecule has 1 aliphatic heterocycles. The Morgan fingerprint density at radius 3 is 2.60 bits per heavy atom. The van der Waals surface area contributed by atoms with Crippen LogP contribution in [-0.4, -0.2) is 33.5 Å². The van der Waals surface area contributed by atoms with Gasteiger partial charge in [0.2, 0.25) is 5.91 Å². The van der Waals surface area contributed by atoms with Crippen LogP contribution in [0.5, 0.6) is 0 Å². The van der Waals surface area contributed by atoms with Crippen LogP contribution in [0.1, 0.15) is 30.1 Å². The standard InChI is InChI=1S/C22H20BrN3O3S/c1-2-25-21(29)17-12-15(23)7-10-18(17)24-22(25)30-13-19(27)14-5-8-16(9-6-14)26-11-3-4-20(26)28/h5-10,12H,2-4,11,13H2,1H3. The van der Waals surface area contributed by atoms with Gasteiger partial charge in [0.15, 0.2) is 10.9 Å². The fraction of sp³-hybridized carbons (Fsp3) is 0.273. The summed E-state index contributed by atoms with van der Waals surface area (Å²) in [6, 6.07) is 12.5. The predicted molar refractivity (Wildman–Crippen MR) is 122 cm³/mol. The summed E-state index contributed by atoms with van der Waals surface area (Å²) in [4.78, 5) is 43.7. The van der Waals surface area contributed by atoms with E-state index in [4.69, 9.17) is 0 Å². The predicted octanol–water partition coefficient (Wildman–Crippen LogP) is 4.28. The quantitative estimate of drug-likeness (QED) is 0.296. The smallest absolute Gasteiger partial charge is 0.262 e. The van der Waals surface area contributed by atoms with Crippen LogP contribution < -0.4 is 10.5 Å². The van der Waals surface area contributed by atoms with E-state index in [9.17, 15) is 14.4 Å². The van der Waals surface area contributed by atoms with Crippen LogP contribution >= 0.6 is 27.7 Å². The van der Waals surface area contributed by atoms with Crippen molar-refractivity contribution in [3.63, 3.8) is 0 Å². The lowest BCUT2D eigenvalue weighted by Crippen LogP contribution is -2.23. The van der Waals surface area contributed by atoms with Crippen molar-refractivity contribution in [1.29, 1.82) is 0 Å². The molecule has 3 aromatic rings. The Kier molecular flexibility index (Phi) is 6.06. The summed E-state index contributed by atoms with van der Waals surface area (Å²) in [5.41, 5.74) is 1.90. The second-order valence-electron chi connectivity index (χ2n) is 7.01. The van der Waals surface area contributed by atoms with Crippen LogP contribution in [0.2, 0.25) is 0 Å². The molecule has 4 rings (SSSR count). The summed E-state index contributed by atoms with van der Waals surface area (Å²) in [5, 5.41) is 1.08. The second-order valence-corrected chi connectivity index (χ2v) is 8.87. The molecule has 0 bridgehead atoms. The molecule has 0 unspecified atom stereocenters. The number of hydrogen-bond acceptors (Lipinski definition) is 5. The number of rotatable bonds is 6. The highest BCUT2D eigenvalue weighted by Gasteiger charge is 2.22. The highest BCUT2D eigenvalue weighted by molar-refractivity contribution is 9.10. The van der Waals surface area contributed by atoms with E-state index in [0.29, 0.717) is 34.6 Å². The number of halogens is 1. The lowest BCUT2D eigenvalue weighted by molar-refractivity contribution is -0.117. The Labute approximate surface area is 186 Å². The number of nitrogens with zero attached hydrogens (tertiary/aromatic N) is 3. The van der Waals surface area contributed by atoms with Crippen molar-refractivity contribution in [3.8, 4) is 0 Å². The van der Waals surface area contributed by atoms with Crippen molar-refractivity contribution < 1.29 is 9.59 Å². The van der Waals surface area contributed by atoms with Gasteiger partial charge < -0.3 is 4.90 Å². The summed E-state index contributed by atoms with van der Waals surface area (Å²) in [6.45, 7) is 3.08. The zero-order chi connectivity index (χ0) is 21.3. The molecule has 0 atom stereocenters. The van der Waals surface area contributed by atoms with Crippen molar-refractivity contribution in [1.82, 2.24) is 9.55 Å². The summed E-state index contributed by atoms with van der Waals surface area (Å²) in [6.07, 6.45) is 1.44. The molecule has 2 aromatic carbocycles. The average molecular weight is 486 g/mol. The number of carbonyl (C=O) groups excluding carboxylic acids is 2. The van der Waals surface area contributed by atoms with Crippen molar-refractivity contribution in [2.24, 2.45) is 0 Å². The third-order valence-electron chi connectivity index (χ3n) is 5.10. The van der Waals surface area contributed by atoms with Crippen molar-refractivity contribution in [2.75, 3.05) is 17.2 Å². The monoisotopic (exact) mass is 485 g/mol. The van der Waals surface area contributed by atoms with E-state index in [1.807, 2.05) is 25.1 Å². The molecule has 0 N–H and O–H groups in total. The van der Waals surface area contributed by atoms with E-state index < -0.39 is 0 Å². The van der Waals surface area contributed by atoms with Crippen LogP contribution in [0.4, 0.5) is 5.69 Å². The highest BCUT2D eigenvalue weighted by Crippen LogP contribution is 2.24. The Morgan fingerprint density at radius 1 is 1.17 bits per heavy atom. The summed E-state index contributed by atoms with van der Waals surface area (Å²) in [7, 11) is 0. The summed E-state index contributed by atoms with van der Waals surface area (Å²) >= 11 is 4.65. The maximum absolute atomic E-state index is 12.8. The van der Waals surface area contributed by atoms with E-state index in [0.717, 1.165) is 23.1 Å². The molecule has 2 heterocycles. The Bertz CT molecular complexity index is 1190. The third-order valence-corrected chi connectivity index (χ3v) is 6.57. The maximum Gasteiger partial charge on any atom is 0.262 e. The first-order valence-electron chi connectivity index (χ1n) is 9.74. The first kappa shape index (κ1) is 20.8. The van der Waals surface area contributed by atoms with Gasteiger partial charge in [0, 0.05) is 35.2 Å². The molecule has 1 amide bonds. The van der Waals surface area contributed by atoms with Gasteiger partial charge in [0.05, 0.1) is 16.7 Å². The van der Waals surface area contributed by atoms with E-state index in [1.165, 1.54) is 11.8 Å². The largest absolute Gasteiger partial charge is 0.312 e. The molecule has 0 radical (unpaired) electrons. The molecule has 0 spiro atoms. The van der Waals surface area contributed by atoms with Crippen molar-refractivity contribution in [2.45, 2.75) is 31.5 Å². The molecule has 154 valence electrons. The summed E-state index contributed by atoms with van der Waals surface area (Å²) in [5.74, 6) is 0.250. The first-order chi connectivity index (χ1) is 14.5. The van der Waals surface area contributed by atoms with Gasteiger partial charge in [-0.05, 0) is 55.8 Å². The number of anilines is 1. The lowest BCUT2D eigenvalue weighted by atomic mass is 10.1. The number of carbonyl (C=O) groups is 2. The molecule has 0 saturated carbocycles. The average Bonchev–Trinajstić information content (AvgIpc) is 3.18. The molecule has 30 heavy (non-hydrogen) atoms. The Morgan fingerprint density at radius 2 is 1.93 bits per heavy atom. The number of Topliss-reactive ketones (excluding diaryl/α,β-unsaturated/α-hetero) is 1. The lowest BCUT2D eigenvalue weighted by Gasteiger charge is -2.15.